The van der Waals surface area contributed by atoms with E-state index in [4.69, 9.17) is 9.57 Å². The molecule has 6 nitrogen and oxygen atoms in total. The summed E-state index contributed by atoms with van der Waals surface area (Å²) in [5.74, 6) is -0.539. The van der Waals surface area contributed by atoms with Crippen molar-refractivity contribution in [2.75, 3.05) is 9.96 Å². The number of hydrogen-bond donors (Lipinski definition) is 0. The summed E-state index contributed by atoms with van der Waals surface area (Å²) in [6, 6.07) is 32.5. The Hall–Kier alpha value is -4.42. The number of amides is 2. The predicted molar refractivity (Wildman–Crippen MR) is 146 cm³/mol. The first-order valence-corrected chi connectivity index (χ1v) is 12.7. The van der Waals surface area contributed by atoms with Gasteiger partial charge in [-0.1, -0.05) is 78.4 Å². The van der Waals surface area contributed by atoms with Gasteiger partial charge in [0.05, 0.1) is 17.4 Å². The summed E-state index contributed by atoms with van der Waals surface area (Å²) in [6.45, 7) is 4.37. The average molecular weight is 505 g/mol. The molecule has 2 saturated heterocycles. The Morgan fingerprint density at radius 1 is 0.789 bits per heavy atom. The maximum absolute atomic E-state index is 13.9. The van der Waals surface area contributed by atoms with Gasteiger partial charge in [-0.2, -0.15) is 0 Å². The Bertz CT molecular complexity index is 1470. The first kappa shape index (κ1) is 23.9. The van der Waals surface area contributed by atoms with Gasteiger partial charge in [-0.25, -0.2) is 9.96 Å². The van der Waals surface area contributed by atoms with Crippen molar-refractivity contribution in [1.82, 2.24) is 0 Å². The van der Waals surface area contributed by atoms with Gasteiger partial charge < -0.3 is 4.74 Å². The fourth-order valence-electron chi connectivity index (χ4n) is 5.35. The molecule has 4 aromatic carbocycles. The molecule has 2 aliphatic heterocycles. The Morgan fingerprint density at radius 2 is 1.47 bits per heavy atom. The smallest absolute Gasteiger partial charge is 0.266 e. The Kier molecular flexibility index (Phi) is 6.18. The number of nitrogens with zero attached hydrogens (tertiary/aromatic N) is 2. The van der Waals surface area contributed by atoms with E-state index >= 15 is 0 Å². The fraction of sp³-hybridized carbons (Fsp3) is 0.188. The van der Waals surface area contributed by atoms with Crippen molar-refractivity contribution < 1.29 is 19.2 Å². The SMILES string of the molecule is Cc1ccc(N2C(=O)C3ON(c4ccccc4)C(c4ccc(OCc5ccccc5)cc4)C3C2=O)c(C)c1. The standard InChI is InChI=1S/C32H28N2O4/c1-21-13-18-27(22(2)19-21)33-31(35)28-29(34(38-30(28)32(33)36)25-11-7-4-8-12-25)24-14-16-26(17-15-24)37-20-23-9-5-3-6-10-23/h3-19,28-30H,20H2,1-2H3. The second-order valence-electron chi connectivity index (χ2n) is 9.80. The summed E-state index contributed by atoms with van der Waals surface area (Å²) in [5.41, 5.74) is 5.30. The monoisotopic (exact) mass is 504 g/mol. The Labute approximate surface area is 222 Å². The first-order chi connectivity index (χ1) is 18.5. The van der Waals surface area contributed by atoms with E-state index in [9.17, 15) is 9.59 Å². The van der Waals surface area contributed by atoms with Gasteiger partial charge in [0.15, 0.2) is 6.10 Å². The molecular formula is C32H28N2O4. The van der Waals surface area contributed by atoms with Crippen molar-refractivity contribution in [3.05, 3.63) is 125 Å². The van der Waals surface area contributed by atoms with Crippen LogP contribution in [0.5, 0.6) is 5.75 Å². The van der Waals surface area contributed by atoms with Crippen molar-refractivity contribution in [3.63, 3.8) is 0 Å². The zero-order chi connectivity index (χ0) is 26.2. The van der Waals surface area contributed by atoms with Crippen molar-refractivity contribution in [2.45, 2.75) is 32.6 Å². The molecule has 0 aliphatic carbocycles. The van der Waals surface area contributed by atoms with E-state index in [2.05, 4.69) is 0 Å². The number of rotatable bonds is 6. The molecule has 190 valence electrons. The number of aryl methyl sites for hydroxylation is 2. The van der Waals surface area contributed by atoms with Gasteiger partial charge in [0.2, 0.25) is 5.91 Å². The quantitative estimate of drug-likeness (QED) is 0.305. The van der Waals surface area contributed by atoms with Crippen LogP contribution in [0.25, 0.3) is 0 Å². The van der Waals surface area contributed by atoms with E-state index in [-0.39, 0.29) is 11.8 Å². The van der Waals surface area contributed by atoms with Crippen molar-refractivity contribution in [3.8, 4) is 5.75 Å². The van der Waals surface area contributed by atoms with Crippen molar-refractivity contribution >= 4 is 23.2 Å². The maximum Gasteiger partial charge on any atom is 0.266 e. The number of anilines is 2. The predicted octanol–water partition coefficient (Wildman–Crippen LogP) is 5.93. The molecule has 0 aromatic heterocycles. The lowest BCUT2D eigenvalue weighted by atomic mass is 9.90. The van der Waals surface area contributed by atoms with Gasteiger partial charge in [0, 0.05) is 0 Å². The number of ether oxygens (including phenoxy) is 1. The van der Waals surface area contributed by atoms with Crippen LogP contribution in [-0.4, -0.2) is 17.9 Å². The van der Waals surface area contributed by atoms with Crippen LogP contribution >= 0.6 is 0 Å². The Morgan fingerprint density at radius 3 is 2.16 bits per heavy atom. The normalized spacial score (nSPS) is 20.6. The van der Waals surface area contributed by atoms with Crippen molar-refractivity contribution in [2.24, 2.45) is 5.92 Å². The van der Waals surface area contributed by atoms with Gasteiger partial charge >= 0.3 is 0 Å². The van der Waals surface area contributed by atoms with Crippen LogP contribution in [0.4, 0.5) is 11.4 Å². The van der Waals surface area contributed by atoms with Crippen molar-refractivity contribution in [1.29, 1.82) is 0 Å². The minimum atomic E-state index is -0.901. The van der Waals surface area contributed by atoms with Crippen LogP contribution in [0.2, 0.25) is 0 Å². The highest BCUT2D eigenvalue weighted by Gasteiger charge is 2.60. The number of hydrogen-bond acceptors (Lipinski definition) is 5. The molecule has 6 heteroatoms. The molecule has 0 N–H and O–H groups in total. The third kappa shape index (κ3) is 4.23. The lowest BCUT2D eigenvalue weighted by Crippen LogP contribution is -2.37. The third-order valence-electron chi connectivity index (χ3n) is 7.19. The molecule has 0 bridgehead atoms. The topological polar surface area (TPSA) is 59.1 Å². The van der Waals surface area contributed by atoms with Crippen LogP contribution in [0.1, 0.15) is 28.3 Å². The minimum Gasteiger partial charge on any atom is -0.489 e. The highest BCUT2D eigenvalue weighted by molar-refractivity contribution is 6.24. The summed E-state index contributed by atoms with van der Waals surface area (Å²) < 4.78 is 5.97. The molecule has 4 aromatic rings. The van der Waals surface area contributed by atoms with Gasteiger partial charge in [-0.05, 0) is 60.9 Å². The second kappa shape index (κ2) is 9.80. The molecule has 38 heavy (non-hydrogen) atoms. The molecule has 2 aliphatic rings. The third-order valence-corrected chi connectivity index (χ3v) is 7.19. The van der Waals surface area contributed by atoms with E-state index < -0.39 is 18.1 Å². The first-order valence-electron chi connectivity index (χ1n) is 12.7. The second-order valence-corrected chi connectivity index (χ2v) is 9.80. The summed E-state index contributed by atoms with van der Waals surface area (Å²) in [7, 11) is 0. The van der Waals surface area contributed by atoms with Crippen LogP contribution in [0, 0.1) is 19.8 Å². The molecule has 2 amide bonds. The number of carbonyl (C=O) groups excluding carboxylic acids is 2. The zero-order valence-corrected chi connectivity index (χ0v) is 21.3. The number of para-hydroxylation sites is 1. The van der Waals surface area contributed by atoms with E-state index in [1.54, 1.807) is 5.06 Å². The van der Waals surface area contributed by atoms with E-state index in [0.29, 0.717) is 12.3 Å². The molecule has 0 spiro atoms. The van der Waals surface area contributed by atoms with Crippen LogP contribution in [0.3, 0.4) is 0 Å². The minimum absolute atomic E-state index is 0.250. The molecule has 0 radical (unpaired) electrons. The molecule has 2 heterocycles. The molecule has 2 fully saturated rings. The number of benzene rings is 4. The molecule has 3 atom stereocenters. The Balaban J connectivity index is 1.32. The summed E-state index contributed by atoms with van der Waals surface area (Å²) in [6.07, 6.45) is -0.901. The number of fused-ring (bicyclic) bond motifs is 1. The summed E-state index contributed by atoms with van der Waals surface area (Å²) in [5, 5.41) is 1.71. The van der Waals surface area contributed by atoms with Gasteiger partial charge in [-0.3, -0.25) is 14.4 Å². The fourth-order valence-corrected chi connectivity index (χ4v) is 5.35. The number of imide groups is 1. The van der Waals surface area contributed by atoms with E-state index in [1.165, 1.54) is 4.90 Å². The average Bonchev–Trinajstić information content (AvgIpc) is 3.45. The summed E-state index contributed by atoms with van der Waals surface area (Å²) in [4.78, 5) is 35.1. The highest BCUT2D eigenvalue weighted by Crippen LogP contribution is 2.48. The lowest BCUT2D eigenvalue weighted by molar-refractivity contribution is -0.126. The number of hydroxylamine groups is 1. The van der Waals surface area contributed by atoms with Crippen LogP contribution < -0.4 is 14.7 Å². The molecular weight excluding hydrogens is 476 g/mol. The van der Waals surface area contributed by atoms with Gasteiger partial charge in [-0.15, -0.1) is 0 Å². The van der Waals surface area contributed by atoms with E-state index in [1.807, 2.05) is 117 Å². The van der Waals surface area contributed by atoms with Crippen LogP contribution in [0.15, 0.2) is 103 Å². The number of carbonyl (C=O) groups is 2. The molecule has 0 saturated carbocycles. The maximum atomic E-state index is 13.9. The van der Waals surface area contributed by atoms with Gasteiger partial charge in [0.1, 0.15) is 18.3 Å². The highest BCUT2D eigenvalue weighted by atomic mass is 16.7. The van der Waals surface area contributed by atoms with Crippen LogP contribution in [-0.2, 0) is 21.0 Å². The van der Waals surface area contributed by atoms with Gasteiger partial charge in [0.25, 0.3) is 5.91 Å². The molecule has 6 rings (SSSR count). The van der Waals surface area contributed by atoms with E-state index in [0.717, 1.165) is 33.7 Å². The summed E-state index contributed by atoms with van der Waals surface area (Å²) >= 11 is 0. The largest absolute Gasteiger partial charge is 0.489 e. The molecule has 3 unspecified atom stereocenters. The zero-order valence-electron chi connectivity index (χ0n) is 21.3. The lowest BCUT2D eigenvalue weighted by Gasteiger charge is -2.29.